The maximum Gasteiger partial charge on any atom is 0.214 e. The zero-order valence-corrected chi connectivity index (χ0v) is 18.1. The van der Waals surface area contributed by atoms with Gasteiger partial charge in [0.2, 0.25) is 6.41 Å². The van der Waals surface area contributed by atoms with Gasteiger partial charge in [-0.2, -0.15) is 0 Å². The van der Waals surface area contributed by atoms with Gasteiger partial charge in [0.1, 0.15) is 0 Å². The average molecular weight is 418 g/mol. The second-order valence-electron chi connectivity index (χ2n) is 9.15. The monoisotopic (exact) mass is 417 g/mol. The first-order valence-electron chi connectivity index (χ1n) is 11.6. The predicted octanol–water partition coefficient (Wildman–Crippen LogP) is 3.47. The molecule has 1 unspecified atom stereocenters. The van der Waals surface area contributed by atoms with Crippen LogP contribution in [0.4, 0.5) is 5.69 Å². The van der Waals surface area contributed by atoms with Crippen LogP contribution in [-0.4, -0.2) is 61.3 Å². The molecule has 2 heterocycles. The first-order chi connectivity index (χ1) is 15.2. The Morgan fingerprint density at radius 2 is 1.77 bits per heavy atom. The van der Waals surface area contributed by atoms with Crippen molar-refractivity contribution in [2.75, 3.05) is 44.2 Å². The number of Topliss-reactive ketones (excluding diaryl/α,β-unsaturated/α-hetero) is 1. The van der Waals surface area contributed by atoms with E-state index >= 15 is 0 Å². The number of ketones is 1. The van der Waals surface area contributed by atoms with Crippen LogP contribution in [0, 0.1) is 0 Å². The molecule has 31 heavy (non-hydrogen) atoms. The Labute approximate surface area is 184 Å². The van der Waals surface area contributed by atoms with Crippen LogP contribution in [-0.2, 0) is 17.8 Å². The summed E-state index contributed by atoms with van der Waals surface area (Å²) in [6, 6.07) is 14.6. The molecule has 1 atom stereocenters. The van der Waals surface area contributed by atoms with Gasteiger partial charge in [-0.15, -0.1) is 0 Å². The van der Waals surface area contributed by atoms with Crippen molar-refractivity contribution in [2.45, 2.75) is 38.1 Å². The zero-order chi connectivity index (χ0) is 21.2. The van der Waals surface area contributed by atoms with E-state index in [1.165, 1.54) is 16.7 Å². The molecule has 1 saturated heterocycles. The van der Waals surface area contributed by atoms with Crippen LogP contribution < -0.4 is 4.90 Å². The highest BCUT2D eigenvalue weighted by atomic mass is 16.1. The largest absolute Gasteiger partial charge is 0.314 e. The molecule has 2 aromatic rings. The van der Waals surface area contributed by atoms with Crippen LogP contribution in [0.1, 0.15) is 52.2 Å². The van der Waals surface area contributed by atoms with Crippen LogP contribution in [0.25, 0.3) is 0 Å². The summed E-state index contributed by atoms with van der Waals surface area (Å²) in [7, 11) is 0. The molecule has 1 fully saturated rings. The van der Waals surface area contributed by atoms with E-state index in [1.54, 1.807) is 0 Å². The van der Waals surface area contributed by atoms with E-state index < -0.39 is 0 Å². The van der Waals surface area contributed by atoms with Gasteiger partial charge >= 0.3 is 0 Å². The molecule has 0 N–H and O–H groups in total. The third-order valence-corrected chi connectivity index (χ3v) is 7.24. The summed E-state index contributed by atoms with van der Waals surface area (Å²) in [5.74, 6) is 0.670. The quantitative estimate of drug-likeness (QED) is 0.511. The molecule has 0 aromatic heterocycles. The molecule has 0 spiro atoms. The van der Waals surface area contributed by atoms with Crippen molar-refractivity contribution in [2.24, 2.45) is 0 Å². The van der Waals surface area contributed by atoms with Gasteiger partial charge in [-0.1, -0.05) is 30.3 Å². The topological polar surface area (TPSA) is 43.9 Å². The van der Waals surface area contributed by atoms with Gasteiger partial charge in [-0.3, -0.25) is 14.5 Å². The van der Waals surface area contributed by atoms with Crippen LogP contribution in [0.5, 0.6) is 0 Å². The molecule has 1 aliphatic carbocycles. The van der Waals surface area contributed by atoms with Crippen molar-refractivity contribution >= 4 is 17.9 Å². The molecule has 0 bridgehead atoms. The van der Waals surface area contributed by atoms with Crippen LogP contribution >= 0.6 is 0 Å². The highest BCUT2D eigenvalue weighted by Gasteiger charge is 2.35. The fourth-order valence-corrected chi connectivity index (χ4v) is 5.58. The van der Waals surface area contributed by atoms with Gasteiger partial charge < -0.3 is 9.80 Å². The number of hydrogen-bond acceptors (Lipinski definition) is 4. The lowest BCUT2D eigenvalue weighted by atomic mass is 9.81. The van der Waals surface area contributed by atoms with Gasteiger partial charge in [0, 0.05) is 69.4 Å². The highest BCUT2D eigenvalue weighted by Crippen LogP contribution is 2.45. The summed E-state index contributed by atoms with van der Waals surface area (Å²) in [5.41, 5.74) is 5.79. The third kappa shape index (κ3) is 4.17. The predicted molar refractivity (Wildman–Crippen MR) is 123 cm³/mol. The van der Waals surface area contributed by atoms with E-state index in [9.17, 15) is 9.59 Å². The van der Waals surface area contributed by atoms with Crippen LogP contribution in [0.3, 0.4) is 0 Å². The molecule has 5 heteroatoms. The number of amides is 1. The smallest absolute Gasteiger partial charge is 0.214 e. The minimum Gasteiger partial charge on any atom is -0.314 e. The minimum atomic E-state index is 0.259. The molecule has 1 amide bonds. The van der Waals surface area contributed by atoms with Gasteiger partial charge in [0.15, 0.2) is 5.78 Å². The number of benzene rings is 2. The first kappa shape index (κ1) is 20.4. The number of rotatable bonds is 7. The first-order valence-corrected chi connectivity index (χ1v) is 11.6. The van der Waals surface area contributed by atoms with Gasteiger partial charge in [0.25, 0.3) is 0 Å². The Bertz CT molecular complexity index is 951. The Hall–Kier alpha value is -2.50. The highest BCUT2D eigenvalue weighted by molar-refractivity contribution is 5.99. The average Bonchev–Trinajstić information content (AvgIpc) is 3.19. The van der Waals surface area contributed by atoms with E-state index in [0.29, 0.717) is 12.3 Å². The van der Waals surface area contributed by atoms with Crippen molar-refractivity contribution in [3.8, 4) is 0 Å². The number of nitrogens with zero attached hydrogens (tertiary/aromatic N) is 3. The molecule has 0 radical (unpaired) electrons. The molecular formula is C26H31N3O2. The Morgan fingerprint density at radius 1 is 1.00 bits per heavy atom. The summed E-state index contributed by atoms with van der Waals surface area (Å²) < 4.78 is 0. The standard InChI is InChI=1S/C26H31N3O2/c30-19-29-18-21-7-4-8-23-22(9-10-24(29)26(21)23)25(31)11-12-27-13-15-28(16-14-27)17-20-5-2-1-3-6-20/h1-3,5-6,9-10,19,21H,4,7-8,11-18H2. The van der Waals surface area contributed by atoms with Crippen LogP contribution in [0.15, 0.2) is 42.5 Å². The lowest BCUT2D eigenvalue weighted by Crippen LogP contribution is -2.46. The van der Waals surface area contributed by atoms with Crippen molar-refractivity contribution < 1.29 is 9.59 Å². The lowest BCUT2D eigenvalue weighted by Gasteiger charge is -2.34. The molecule has 3 aliphatic rings. The van der Waals surface area contributed by atoms with E-state index in [2.05, 4.69) is 40.1 Å². The maximum atomic E-state index is 13.1. The van der Waals surface area contributed by atoms with Gasteiger partial charge in [-0.25, -0.2) is 0 Å². The number of carbonyl (C=O) groups excluding carboxylic acids is 2. The van der Waals surface area contributed by atoms with E-state index in [0.717, 1.165) is 82.7 Å². The maximum absolute atomic E-state index is 13.1. The van der Waals surface area contributed by atoms with E-state index in [-0.39, 0.29) is 5.78 Å². The minimum absolute atomic E-state index is 0.259. The normalized spacial score (nSPS) is 21.2. The Kier molecular flexibility index (Phi) is 5.88. The third-order valence-electron chi connectivity index (χ3n) is 7.24. The number of carbonyl (C=O) groups is 2. The van der Waals surface area contributed by atoms with Crippen molar-refractivity contribution in [1.82, 2.24) is 9.80 Å². The van der Waals surface area contributed by atoms with Crippen molar-refractivity contribution in [3.63, 3.8) is 0 Å². The molecule has 2 aliphatic heterocycles. The van der Waals surface area contributed by atoms with Crippen LogP contribution in [0.2, 0.25) is 0 Å². The second kappa shape index (κ2) is 8.93. The van der Waals surface area contributed by atoms with E-state index in [4.69, 9.17) is 0 Å². The van der Waals surface area contributed by atoms with Gasteiger partial charge in [0.05, 0.1) is 0 Å². The SMILES string of the molecule is O=CN1CC2CCCc3c(C(=O)CCN4CCN(Cc5ccccc5)CC4)ccc1c32. The van der Waals surface area contributed by atoms with E-state index in [1.807, 2.05) is 17.0 Å². The summed E-state index contributed by atoms with van der Waals surface area (Å²) in [4.78, 5) is 31.3. The fourth-order valence-electron chi connectivity index (χ4n) is 5.58. The van der Waals surface area contributed by atoms with Crippen molar-refractivity contribution in [3.05, 3.63) is 64.7 Å². The lowest BCUT2D eigenvalue weighted by molar-refractivity contribution is -0.107. The second-order valence-corrected chi connectivity index (χ2v) is 9.15. The molecule has 162 valence electrons. The zero-order valence-electron chi connectivity index (χ0n) is 18.1. The summed E-state index contributed by atoms with van der Waals surface area (Å²) >= 11 is 0. The molecule has 5 rings (SSSR count). The molecule has 0 saturated carbocycles. The molecule has 5 nitrogen and oxygen atoms in total. The summed E-state index contributed by atoms with van der Waals surface area (Å²) in [6.45, 7) is 6.76. The number of piperazine rings is 1. The number of anilines is 1. The molecular weight excluding hydrogens is 386 g/mol. The van der Waals surface area contributed by atoms with Crippen molar-refractivity contribution in [1.29, 1.82) is 0 Å². The fraction of sp³-hybridized carbons (Fsp3) is 0.462. The number of hydrogen-bond donors (Lipinski definition) is 0. The summed E-state index contributed by atoms with van der Waals surface area (Å²) in [5, 5.41) is 0. The molecule has 2 aromatic carbocycles. The Morgan fingerprint density at radius 3 is 2.55 bits per heavy atom. The summed E-state index contributed by atoms with van der Waals surface area (Å²) in [6.07, 6.45) is 4.71. The Balaban J connectivity index is 1.18. The van der Waals surface area contributed by atoms with Gasteiger partial charge in [-0.05, 0) is 48.1 Å².